The Labute approximate surface area is 123 Å². The van der Waals surface area contributed by atoms with Crippen LogP contribution in [0.15, 0.2) is 40.9 Å². The highest BCUT2D eigenvalue weighted by atomic mass is 79.9. The van der Waals surface area contributed by atoms with E-state index < -0.39 is 0 Å². The zero-order valence-corrected chi connectivity index (χ0v) is 12.2. The highest BCUT2D eigenvalue weighted by molar-refractivity contribution is 9.10. The Kier molecular flexibility index (Phi) is 4.49. The number of ether oxygens (including phenoxy) is 1. The zero-order chi connectivity index (χ0) is 13.1. The van der Waals surface area contributed by atoms with E-state index in [0.717, 1.165) is 5.56 Å². The number of hydrogen-bond acceptors (Lipinski definition) is 1. The van der Waals surface area contributed by atoms with Crippen LogP contribution in [-0.4, -0.2) is 0 Å². The fourth-order valence-electron chi connectivity index (χ4n) is 1.38. The van der Waals surface area contributed by atoms with Crippen LogP contribution >= 0.6 is 39.1 Å². The van der Waals surface area contributed by atoms with E-state index in [1.807, 2.05) is 0 Å². The molecular weight excluding hydrogens is 342 g/mol. The van der Waals surface area contributed by atoms with Crippen LogP contribution in [0.25, 0.3) is 0 Å². The van der Waals surface area contributed by atoms with Gasteiger partial charge in [0.2, 0.25) is 0 Å². The van der Waals surface area contributed by atoms with Gasteiger partial charge in [-0.25, -0.2) is 4.39 Å². The van der Waals surface area contributed by atoms with Gasteiger partial charge in [0.05, 0.1) is 4.47 Å². The predicted molar refractivity (Wildman–Crippen MR) is 75.2 cm³/mol. The van der Waals surface area contributed by atoms with Gasteiger partial charge in [0.15, 0.2) is 0 Å². The second-order valence-electron chi connectivity index (χ2n) is 3.56. The molecule has 0 aliphatic carbocycles. The van der Waals surface area contributed by atoms with Crippen molar-refractivity contribution in [2.24, 2.45) is 0 Å². The van der Waals surface area contributed by atoms with Crippen LogP contribution in [0.3, 0.4) is 0 Å². The maximum Gasteiger partial charge on any atom is 0.144 e. The quantitative estimate of drug-likeness (QED) is 0.639. The summed E-state index contributed by atoms with van der Waals surface area (Å²) in [5, 5.41) is 0.523. The van der Waals surface area contributed by atoms with Gasteiger partial charge in [-0.1, -0.05) is 17.7 Å². The second-order valence-corrected chi connectivity index (χ2v) is 5.09. The topological polar surface area (TPSA) is 9.23 Å². The molecule has 0 N–H and O–H groups in total. The van der Waals surface area contributed by atoms with Crippen molar-refractivity contribution >= 4 is 39.1 Å². The number of rotatable bonds is 3. The van der Waals surface area contributed by atoms with E-state index >= 15 is 0 Å². The predicted octanol–water partition coefficient (Wildman–Crippen LogP) is 5.77. The summed E-state index contributed by atoms with van der Waals surface area (Å²) in [5.74, 6) is 0.893. The van der Waals surface area contributed by atoms with Crippen LogP contribution in [0.1, 0.15) is 5.56 Å². The highest BCUT2D eigenvalue weighted by Gasteiger charge is 2.06. The summed E-state index contributed by atoms with van der Waals surface area (Å²) in [5.41, 5.74) is 0.823. The van der Waals surface area contributed by atoms with Crippen molar-refractivity contribution in [3.8, 4) is 11.5 Å². The standard InChI is InChI=1S/C13H8BrCl2FO/c14-11-4-2-9(17)5-13(11)18-10-3-1-8(7-15)12(16)6-10/h1-6H,7H2. The molecular formula is C13H8BrCl2FO. The van der Waals surface area contributed by atoms with E-state index in [2.05, 4.69) is 15.9 Å². The summed E-state index contributed by atoms with van der Waals surface area (Å²) in [6, 6.07) is 9.39. The van der Waals surface area contributed by atoms with Crippen LogP contribution in [0.5, 0.6) is 11.5 Å². The lowest BCUT2D eigenvalue weighted by Gasteiger charge is -2.09. The Morgan fingerprint density at radius 3 is 2.61 bits per heavy atom. The first-order chi connectivity index (χ1) is 8.60. The van der Waals surface area contributed by atoms with Gasteiger partial charge in [-0.15, -0.1) is 11.6 Å². The molecule has 0 heterocycles. The SMILES string of the molecule is Fc1ccc(Br)c(Oc2ccc(CCl)c(Cl)c2)c1. The Hall–Kier alpha value is -0.770. The Morgan fingerprint density at radius 1 is 1.17 bits per heavy atom. The van der Waals surface area contributed by atoms with Crippen molar-refractivity contribution in [2.45, 2.75) is 5.88 Å². The maximum atomic E-state index is 13.1. The molecule has 0 spiro atoms. The first kappa shape index (κ1) is 13.7. The minimum absolute atomic E-state index is 0.336. The van der Waals surface area contributed by atoms with Gasteiger partial charge in [0.25, 0.3) is 0 Å². The first-order valence-corrected chi connectivity index (χ1v) is 6.78. The fourth-order valence-corrected chi connectivity index (χ4v) is 2.25. The van der Waals surface area contributed by atoms with E-state index in [0.29, 0.717) is 26.9 Å². The van der Waals surface area contributed by atoms with Crippen molar-refractivity contribution in [3.05, 3.63) is 57.3 Å². The first-order valence-electron chi connectivity index (χ1n) is 5.07. The molecule has 0 amide bonds. The van der Waals surface area contributed by atoms with Crippen molar-refractivity contribution in [3.63, 3.8) is 0 Å². The van der Waals surface area contributed by atoms with Gasteiger partial charge in [-0.05, 0) is 45.8 Å². The molecule has 0 aliphatic rings. The molecule has 0 aliphatic heterocycles. The minimum atomic E-state index is -0.364. The van der Waals surface area contributed by atoms with Crippen LogP contribution in [0.2, 0.25) is 5.02 Å². The number of halogens is 4. The molecule has 0 unspecified atom stereocenters. The van der Waals surface area contributed by atoms with Crippen molar-refractivity contribution in [1.29, 1.82) is 0 Å². The van der Waals surface area contributed by atoms with Gasteiger partial charge < -0.3 is 4.74 Å². The van der Waals surface area contributed by atoms with Gasteiger partial charge in [-0.3, -0.25) is 0 Å². The van der Waals surface area contributed by atoms with Gasteiger partial charge in [-0.2, -0.15) is 0 Å². The fraction of sp³-hybridized carbons (Fsp3) is 0.0769. The average Bonchev–Trinajstić information content (AvgIpc) is 2.34. The summed E-state index contributed by atoms with van der Waals surface area (Å²) in [4.78, 5) is 0. The summed E-state index contributed by atoms with van der Waals surface area (Å²) >= 11 is 15.0. The molecule has 1 nitrogen and oxygen atoms in total. The number of benzene rings is 2. The Balaban J connectivity index is 2.28. The highest BCUT2D eigenvalue weighted by Crippen LogP contribution is 2.32. The molecule has 0 aromatic heterocycles. The molecule has 18 heavy (non-hydrogen) atoms. The normalized spacial score (nSPS) is 10.4. The summed E-state index contributed by atoms with van der Waals surface area (Å²) in [6.07, 6.45) is 0. The molecule has 0 fully saturated rings. The van der Waals surface area contributed by atoms with Crippen LogP contribution in [-0.2, 0) is 5.88 Å². The number of hydrogen-bond donors (Lipinski definition) is 0. The molecule has 5 heteroatoms. The Morgan fingerprint density at radius 2 is 1.94 bits per heavy atom. The van der Waals surface area contributed by atoms with Crippen molar-refractivity contribution < 1.29 is 9.13 Å². The van der Waals surface area contributed by atoms with Gasteiger partial charge >= 0.3 is 0 Å². The zero-order valence-electron chi connectivity index (χ0n) is 9.09. The smallest absolute Gasteiger partial charge is 0.144 e. The molecule has 2 aromatic carbocycles. The van der Waals surface area contributed by atoms with E-state index in [1.54, 1.807) is 24.3 Å². The van der Waals surface area contributed by atoms with Crippen molar-refractivity contribution in [2.75, 3.05) is 0 Å². The van der Waals surface area contributed by atoms with E-state index in [9.17, 15) is 4.39 Å². The molecule has 94 valence electrons. The van der Waals surface area contributed by atoms with Crippen LogP contribution < -0.4 is 4.74 Å². The third kappa shape index (κ3) is 3.16. The molecule has 0 radical (unpaired) electrons. The maximum absolute atomic E-state index is 13.1. The lowest BCUT2D eigenvalue weighted by Crippen LogP contribution is -1.88. The largest absolute Gasteiger partial charge is 0.456 e. The summed E-state index contributed by atoms with van der Waals surface area (Å²) in [6.45, 7) is 0. The van der Waals surface area contributed by atoms with E-state index in [4.69, 9.17) is 27.9 Å². The minimum Gasteiger partial charge on any atom is -0.456 e. The monoisotopic (exact) mass is 348 g/mol. The third-order valence-corrected chi connectivity index (χ3v) is 3.58. The van der Waals surface area contributed by atoms with Gasteiger partial charge in [0, 0.05) is 17.0 Å². The molecule has 0 saturated carbocycles. The van der Waals surface area contributed by atoms with E-state index in [-0.39, 0.29) is 5.82 Å². The summed E-state index contributed by atoms with van der Waals surface area (Å²) < 4.78 is 19.3. The molecule has 0 bridgehead atoms. The number of alkyl halides is 1. The van der Waals surface area contributed by atoms with Crippen LogP contribution in [0, 0.1) is 5.82 Å². The van der Waals surface area contributed by atoms with Crippen molar-refractivity contribution in [1.82, 2.24) is 0 Å². The summed E-state index contributed by atoms with van der Waals surface area (Å²) in [7, 11) is 0. The van der Waals surface area contributed by atoms with Crippen LogP contribution in [0.4, 0.5) is 4.39 Å². The molecule has 2 rings (SSSR count). The third-order valence-electron chi connectivity index (χ3n) is 2.29. The molecule has 0 atom stereocenters. The lowest BCUT2D eigenvalue weighted by atomic mass is 10.2. The Bertz CT molecular complexity index is 575. The molecule has 2 aromatic rings. The average molecular weight is 350 g/mol. The van der Waals surface area contributed by atoms with Gasteiger partial charge in [0.1, 0.15) is 17.3 Å². The molecule has 0 saturated heterocycles. The second kappa shape index (κ2) is 5.91. The lowest BCUT2D eigenvalue weighted by molar-refractivity contribution is 0.473. The van der Waals surface area contributed by atoms with E-state index in [1.165, 1.54) is 12.1 Å².